The Morgan fingerprint density at radius 3 is 2.45 bits per heavy atom. The molecule has 1 saturated heterocycles. The predicted molar refractivity (Wildman–Crippen MR) is 74.9 cm³/mol. The van der Waals surface area contributed by atoms with Crippen LogP contribution in [0.2, 0.25) is 0 Å². The van der Waals surface area contributed by atoms with Crippen molar-refractivity contribution in [2.24, 2.45) is 0 Å². The first-order chi connectivity index (χ1) is 9.40. The second-order valence-corrected chi connectivity index (χ2v) is 5.22. The fraction of sp³-hybridized carbons (Fsp3) is 0.467. The van der Waals surface area contributed by atoms with Gasteiger partial charge in [0.2, 0.25) is 0 Å². The van der Waals surface area contributed by atoms with Crippen LogP contribution in [0.25, 0.3) is 0 Å². The molecule has 2 unspecified atom stereocenters. The second kappa shape index (κ2) is 5.63. The molecule has 0 radical (unpaired) electrons. The zero-order valence-electron chi connectivity index (χ0n) is 11.9. The lowest BCUT2D eigenvalue weighted by atomic mass is 10.1. The van der Waals surface area contributed by atoms with E-state index in [1.807, 2.05) is 32.0 Å². The Morgan fingerprint density at radius 2 is 1.90 bits per heavy atom. The Balaban J connectivity index is 2.11. The summed E-state index contributed by atoms with van der Waals surface area (Å²) < 4.78 is 5.30. The number of hydrogen-bond donors (Lipinski definition) is 1. The van der Waals surface area contributed by atoms with Gasteiger partial charge in [0.15, 0.2) is 6.10 Å². The van der Waals surface area contributed by atoms with Gasteiger partial charge < -0.3 is 14.7 Å². The van der Waals surface area contributed by atoms with Crippen molar-refractivity contribution in [3.8, 4) is 0 Å². The largest absolute Gasteiger partial charge is 0.479 e. The normalized spacial score (nSPS) is 21.8. The van der Waals surface area contributed by atoms with Crippen LogP contribution in [0.1, 0.15) is 24.0 Å². The first kappa shape index (κ1) is 14.5. The molecule has 1 N–H and O–H groups in total. The van der Waals surface area contributed by atoms with Crippen molar-refractivity contribution in [2.45, 2.75) is 38.9 Å². The van der Waals surface area contributed by atoms with Gasteiger partial charge in [0.25, 0.3) is 5.91 Å². The van der Waals surface area contributed by atoms with Crippen LogP contribution in [0, 0.1) is 13.8 Å². The van der Waals surface area contributed by atoms with E-state index in [1.54, 1.807) is 11.9 Å². The summed E-state index contributed by atoms with van der Waals surface area (Å²) in [5.74, 6) is -1.20. The number of aryl methyl sites for hydroxylation is 2. The summed E-state index contributed by atoms with van der Waals surface area (Å²) in [7, 11) is 1.69. The fourth-order valence-electron chi connectivity index (χ4n) is 2.52. The number of likely N-dealkylation sites (N-methyl/N-ethyl adjacent to an activating group) is 1. The number of carboxylic acids is 1. The number of carbonyl (C=O) groups excluding carboxylic acids is 1. The van der Waals surface area contributed by atoms with Crippen LogP contribution in [-0.2, 0) is 14.3 Å². The summed E-state index contributed by atoms with van der Waals surface area (Å²) >= 11 is 0. The van der Waals surface area contributed by atoms with Gasteiger partial charge in [0.05, 0.1) is 0 Å². The van der Waals surface area contributed by atoms with Crippen molar-refractivity contribution >= 4 is 17.6 Å². The molecule has 5 heteroatoms. The molecular weight excluding hydrogens is 258 g/mol. The van der Waals surface area contributed by atoms with Crippen LogP contribution >= 0.6 is 0 Å². The molecular formula is C15H19NO4. The first-order valence-corrected chi connectivity index (χ1v) is 6.63. The highest BCUT2D eigenvalue weighted by Gasteiger charge is 2.36. The van der Waals surface area contributed by atoms with Crippen molar-refractivity contribution < 1.29 is 19.4 Å². The molecule has 1 aromatic carbocycles. The summed E-state index contributed by atoms with van der Waals surface area (Å²) in [4.78, 5) is 24.8. The quantitative estimate of drug-likeness (QED) is 0.916. The molecule has 1 amide bonds. The number of ether oxygens (including phenoxy) is 1. The Bertz CT molecular complexity index is 541. The number of anilines is 1. The van der Waals surface area contributed by atoms with Gasteiger partial charge in [0, 0.05) is 12.7 Å². The van der Waals surface area contributed by atoms with Crippen LogP contribution in [0.4, 0.5) is 5.69 Å². The maximum atomic E-state index is 12.4. The van der Waals surface area contributed by atoms with E-state index >= 15 is 0 Å². The molecule has 0 bridgehead atoms. The Morgan fingerprint density at radius 1 is 1.25 bits per heavy atom. The van der Waals surface area contributed by atoms with Crippen LogP contribution in [0.5, 0.6) is 0 Å². The van der Waals surface area contributed by atoms with E-state index in [2.05, 4.69) is 0 Å². The van der Waals surface area contributed by atoms with Crippen LogP contribution in [0.3, 0.4) is 0 Å². The minimum absolute atomic E-state index is 0.194. The first-order valence-electron chi connectivity index (χ1n) is 6.63. The Labute approximate surface area is 118 Å². The second-order valence-electron chi connectivity index (χ2n) is 5.22. The maximum absolute atomic E-state index is 12.4. The summed E-state index contributed by atoms with van der Waals surface area (Å²) in [6.07, 6.45) is -0.699. The monoisotopic (exact) mass is 277 g/mol. The Hall–Kier alpha value is -1.88. The minimum atomic E-state index is -1.01. The minimum Gasteiger partial charge on any atom is -0.479 e. The molecule has 0 aromatic heterocycles. The van der Waals surface area contributed by atoms with Crippen LogP contribution in [-0.4, -0.2) is 36.2 Å². The van der Waals surface area contributed by atoms with Gasteiger partial charge in [-0.3, -0.25) is 4.79 Å². The lowest BCUT2D eigenvalue weighted by Crippen LogP contribution is -2.37. The summed E-state index contributed by atoms with van der Waals surface area (Å²) in [6, 6.07) is 5.85. The van der Waals surface area contributed by atoms with Crippen molar-refractivity contribution in [1.82, 2.24) is 0 Å². The van der Waals surface area contributed by atoms with Crippen molar-refractivity contribution in [3.05, 3.63) is 29.3 Å². The average molecular weight is 277 g/mol. The zero-order valence-corrected chi connectivity index (χ0v) is 11.9. The molecule has 2 rings (SSSR count). The summed E-state index contributed by atoms with van der Waals surface area (Å²) in [5, 5.41) is 8.89. The van der Waals surface area contributed by atoms with E-state index in [0.29, 0.717) is 12.8 Å². The van der Waals surface area contributed by atoms with E-state index < -0.39 is 18.2 Å². The van der Waals surface area contributed by atoms with Gasteiger partial charge >= 0.3 is 5.97 Å². The van der Waals surface area contributed by atoms with Gasteiger partial charge in [-0.2, -0.15) is 0 Å². The standard InChI is InChI=1S/C15H19NO4/c1-9-4-5-11(10(2)8-9)16(3)14(17)12-6-7-13(20-12)15(18)19/h4-5,8,12-13H,6-7H2,1-3H3,(H,18,19). The highest BCUT2D eigenvalue weighted by Crippen LogP contribution is 2.25. The smallest absolute Gasteiger partial charge is 0.332 e. The molecule has 2 atom stereocenters. The highest BCUT2D eigenvalue weighted by atomic mass is 16.5. The van der Waals surface area contributed by atoms with Gasteiger partial charge in [-0.15, -0.1) is 0 Å². The number of carbonyl (C=O) groups is 2. The van der Waals surface area contributed by atoms with E-state index in [-0.39, 0.29) is 5.91 Å². The van der Waals surface area contributed by atoms with Crippen molar-refractivity contribution in [2.75, 3.05) is 11.9 Å². The van der Waals surface area contributed by atoms with Gasteiger partial charge in [0.1, 0.15) is 6.10 Å². The lowest BCUT2D eigenvalue weighted by Gasteiger charge is -2.23. The number of nitrogens with zero attached hydrogens (tertiary/aromatic N) is 1. The summed E-state index contributed by atoms with van der Waals surface area (Å²) in [5.41, 5.74) is 2.96. The molecule has 5 nitrogen and oxygen atoms in total. The summed E-state index contributed by atoms with van der Waals surface area (Å²) in [6.45, 7) is 3.94. The van der Waals surface area contributed by atoms with E-state index in [0.717, 1.165) is 16.8 Å². The fourth-order valence-corrected chi connectivity index (χ4v) is 2.52. The van der Waals surface area contributed by atoms with E-state index in [1.165, 1.54) is 0 Å². The molecule has 1 aliphatic rings. The highest BCUT2D eigenvalue weighted by molar-refractivity contribution is 5.97. The third kappa shape index (κ3) is 2.82. The molecule has 1 aromatic rings. The molecule has 0 spiro atoms. The molecule has 108 valence electrons. The molecule has 0 aliphatic carbocycles. The number of benzene rings is 1. The molecule has 1 heterocycles. The zero-order chi connectivity index (χ0) is 14.9. The SMILES string of the molecule is Cc1ccc(N(C)C(=O)C2CCC(C(=O)O)O2)c(C)c1. The average Bonchev–Trinajstić information content (AvgIpc) is 2.87. The van der Waals surface area contributed by atoms with Crippen LogP contribution < -0.4 is 4.90 Å². The molecule has 1 fully saturated rings. The molecule has 20 heavy (non-hydrogen) atoms. The number of amides is 1. The third-order valence-corrected chi connectivity index (χ3v) is 3.61. The number of rotatable bonds is 3. The lowest BCUT2D eigenvalue weighted by molar-refractivity contribution is -0.151. The van der Waals surface area contributed by atoms with Gasteiger partial charge in [-0.1, -0.05) is 17.7 Å². The van der Waals surface area contributed by atoms with Crippen molar-refractivity contribution in [3.63, 3.8) is 0 Å². The topological polar surface area (TPSA) is 66.8 Å². The molecule has 1 aliphatic heterocycles. The number of aliphatic carboxylic acids is 1. The van der Waals surface area contributed by atoms with E-state index in [4.69, 9.17) is 9.84 Å². The van der Waals surface area contributed by atoms with Crippen LogP contribution in [0.15, 0.2) is 18.2 Å². The molecule has 0 saturated carbocycles. The third-order valence-electron chi connectivity index (χ3n) is 3.61. The van der Waals surface area contributed by atoms with E-state index in [9.17, 15) is 9.59 Å². The van der Waals surface area contributed by atoms with Crippen molar-refractivity contribution in [1.29, 1.82) is 0 Å². The maximum Gasteiger partial charge on any atom is 0.332 e. The number of carboxylic acid groups (broad SMARTS) is 1. The predicted octanol–water partition coefficient (Wildman–Crippen LogP) is 1.90. The number of hydrogen-bond acceptors (Lipinski definition) is 3. The Kier molecular flexibility index (Phi) is 4.09. The van der Waals surface area contributed by atoms with Gasteiger partial charge in [-0.05, 0) is 38.3 Å². The van der Waals surface area contributed by atoms with Gasteiger partial charge in [-0.25, -0.2) is 4.79 Å².